The summed E-state index contributed by atoms with van der Waals surface area (Å²) >= 11 is 0. The fourth-order valence-electron chi connectivity index (χ4n) is 1.40. The first-order valence-corrected chi connectivity index (χ1v) is 6.38. The number of hydrogen-bond donors (Lipinski definition) is 3. The summed E-state index contributed by atoms with van der Waals surface area (Å²) in [6.07, 6.45) is 5.82. The Kier molecular flexibility index (Phi) is 9.62. The molecule has 0 aliphatic heterocycles. The van der Waals surface area contributed by atoms with E-state index in [1.165, 1.54) is 12.8 Å². The highest BCUT2D eigenvalue weighted by Gasteiger charge is 2.05. The molecule has 0 heterocycles. The van der Waals surface area contributed by atoms with Gasteiger partial charge in [0.05, 0.1) is 13.1 Å². The minimum atomic E-state index is -0.606. The van der Waals surface area contributed by atoms with Gasteiger partial charge in [-0.1, -0.05) is 32.6 Å². The molecule has 0 aliphatic rings. The Morgan fingerprint density at radius 2 is 1.50 bits per heavy atom. The highest BCUT2D eigenvalue weighted by Crippen LogP contribution is 2.04. The fraction of sp³-hybridized carbons (Fsp3) is 0.750. The minimum Gasteiger partial charge on any atom is -0.368 e. The van der Waals surface area contributed by atoms with Crippen molar-refractivity contribution < 1.29 is 14.4 Å². The Hall–Kier alpha value is -1.59. The second kappa shape index (κ2) is 10.6. The number of hydrogen-bond acceptors (Lipinski definition) is 3. The predicted octanol–water partition coefficient (Wildman–Crippen LogP) is 0.0646. The summed E-state index contributed by atoms with van der Waals surface area (Å²) in [6.45, 7) is 1.82. The third kappa shape index (κ3) is 10.9. The van der Waals surface area contributed by atoms with Crippen LogP contribution in [0.1, 0.15) is 45.4 Å². The molecule has 0 unspecified atom stereocenters. The average Bonchev–Trinajstić information content (AvgIpc) is 2.33. The Morgan fingerprint density at radius 1 is 0.889 bits per heavy atom. The third-order valence-corrected chi connectivity index (χ3v) is 2.41. The molecule has 6 heteroatoms. The molecule has 6 nitrogen and oxygen atoms in total. The number of carbonyl (C=O) groups is 3. The van der Waals surface area contributed by atoms with E-state index in [1.807, 2.05) is 0 Å². The van der Waals surface area contributed by atoms with Crippen molar-refractivity contribution >= 4 is 17.7 Å². The molecule has 18 heavy (non-hydrogen) atoms. The lowest BCUT2D eigenvalue weighted by Crippen LogP contribution is -2.40. The van der Waals surface area contributed by atoms with Crippen LogP contribution in [0, 0.1) is 0 Å². The Morgan fingerprint density at radius 3 is 2.11 bits per heavy atom. The first-order valence-electron chi connectivity index (χ1n) is 6.38. The zero-order valence-electron chi connectivity index (χ0n) is 11.0. The van der Waals surface area contributed by atoms with Crippen LogP contribution in [-0.2, 0) is 14.4 Å². The molecule has 0 saturated heterocycles. The van der Waals surface area contributed by atoms with Crippen LogP contribution in [0.3, 0.4) is 0 Å². The molecule has 0 fully saturated rings. The van der Waals surface area contributed by atoms with Crippen LogP contribution in [0.25, 0.3) is 0 Å². The van der Waals surface area contributed by atoms with Crippen molar-refractivity contribution in [2.24, 2.45) is 5.73 Å². The lowest BCUT2D eigenvalue weighted by atomic mass is 10.1. The molecular formula is C12H23N3O3. The summed E-state index contributed by atoms with van der Waals surface area (Å²) < 4.78 is 0. The molecule has 0 aromatic heterocycles. The van der Waals surface area contributed by atoms with Gasteiger partial charge in [0.15, 0.2) is 0 Å². The number of nitrogens with one attached hydrogen (secondary N) is 2. The van der Waals surface area contributed by atoms with Gasteiger partial charge >= 0.3 is 0 Å². The maximum absolute atomic E-state index is 11.3. The summed E-state index contributed by atoms with van der Waals surface area (Å²) in [6, 6.07) is 0. The molecule has 0 aliphatic carbocycles. The number of carbonyl (C=O) groups excluding carboxylic acids is 3. The van der Waals surface area contributed by atoms with Crippen molar-refractivity contribution in [3.63, 3.8) is 0 Å². The third-order valence-electron chi connectivity index (χ3n) is 2.41. The van der Waals surface area contributed by atoms with Crippen LogP contribution < -0.4 is 16.4 Å². The first-order chi connectivity index (χ1) is 8.56. The molecule has 104 valence electrons. The maximum Gasteiger partial charge on any atom is 0.239 e. The second-order valence-corrected chi connectivity index (χ2v) is 4.18. The van der Waals surface area contributed by atoms with Crippen molar-refractivity contribution in [2.45, 2.75) is 45.4 Å². The van der Waals surface area contributed by atoms with Crippen LogP contribution in [0.2, 0.25) is 0 Å². The van der Waals surface area contributed by atoms with Gasteiger partial charge in [-0.2, -0.15) is 0 Å². The van der Waals surface area contributed by atoms with E-state index in [2.05, 4.69) is 17.6 Å². The standard InChI is InChI=1S/C12H23N3O3/c1-2-3-4-5-6-7-11(17)15-9-12(18)14-8-10(13)16/h2-9H2,1H3,(H2,13,16)(H,14,18)(H,15,17). The van der Waals surface area contributed by atoms with Gasteiger partial charge in [-0.3, -0.25) is 14.4 Å². The number of primary amides is 1. The second-order valence-electron chi connectivity index (χ2n) is 4.18. The zero-order valence-corrected chi connectivity index (χ0v) is 11.0. The van der Waals surface area contributed by atoms with Gasteiger partial charge in [-0.15, -0.1) is 0 Å². The summed E-state index contributed by atoms with van der Waals surface area (Å²) in [5.74, 6) is -1.15. The molecular weight excluding hydrogens is 234 g/mol. The van der Waals surface area contributed by atoms with E-state index in [0.717, 1.165) is 19.3 Å². The van der Waals surface area contributed by atoms with Crippen LogP contribution >= 0.6 is 0 Å². The van der Waals surface area contributed by atoms with Gasteiger partial charge < -0.3 is 16.4 Å². The van der Waals surface area contributed by atoms with Crippen molar-refractivity contribution in [3.8, 4) is 0 Å². The van der Waals surface area contributed by atoms with Crippen molar-refractivity contribution in [3.05, 3.63) is 0 Å². The van der Waals surface area contributed by atoms with Gasteiger partial charge in [-0.25, -0.2) is 0 Å². The molecule has 4 N–H and O–H groups in total. The summed E-state index contributed by atoms with van der Waals surface area (Å²) in [7, 11) is 0. The van der Waals surface area contributed by atoms with Gasteiger partial charge in [0, 0.05) is 6.42 Å². The average molecular weight is 257 g/mol. The maximum atomic E-state index is 11.3. The topological polar surface area (TPSA) is 101 Å². The fourth-order valence-corrected chi connectivity index (χ4v) is 1.40. The molecule has 0 aromatic carbocycles. The SMILES string of the molecule is CCCCCCCC(=O)NCC(=O)NCC(N)=O. The molecule has 0 atom stereocenters. The normalized spacial score (nSPS) is 9.83. The smallest absolute Gasteiger partial charge is 0.239 e. The molecule has 0 spiro atoms. The molecule has 0 bridgehead atoms. The molecule has 3 amide bonds. The van der Waals surface area contributed by atoms with Crippen LogP contribution in [0.15, 0.2) is 0 Å². The number of unbranched alkanes of at least 4 members (excludes halogenated alkanes) is 4. The zero-order chi connectivity index (χ0) is 13.8. The molecule has 0 radical (unpaired) electrons. The van der Waals surface area contributed by atoms with Gasteiger partial charge in [0.1, 0.15) is 0 Å². The van der Waals surface area contributed by atoms with Gasteiger partial charge in [-0.05, 0) is 6.42 Å². The van der Waals surface area contributed by atoms with Crippen LogP contribution in [0.5, 0.6) is 0 Å². The Bertz CT molecular complexity index is 280. The van der Waals surface area contributed by atoms with E-state index >= 15 is 0 Å². The number of rotatable bonds is 10. The highest BCUT2D eigenvalue weighted by atomic mass is 16.2. The lowest BCUT2D eigenvalue weighted by Gasteiger charge is -2.05. The molecule has 0 saturated carbocycles. The van der Waals surface area contributed by atoms with Crippen LogP contribution in [0.4, 0.5) is 0 Å². The van der Waals surface area contributed by atoms with E-state index in [9.17, 15) is 14.4 Å². The van der Waals surface area contributed by atoms with E-state index in [0.29, 0.717) is 6.42 Å². The summed E-state index contributed by atoms with van der Waals surface area (Å²) in [4.78, 5) is 32.9. The highest BCUT2D eigenvalue weighted by molar-refractivity contribution is 5.87. The summed E-state index contributed by atoms with van der Waals surface area (Å²) in [5, 5.41) is 4.79. The Balaban J connectivity index is 3.46. The lowest BCUT2D eigenvalue weighted by molar-refractivity contribution is -0.127. The first kappa shape index (κ1) is 16.4. The Labute approximate surface area is 108 Å². The number of nitrogens with two attached hydrogens (primary N) is 1. The van der Waals surface area contributed by atoms with E-state index in [4.69, 9.17) is 5.73 Å². The largest absolute Gasteiger partial charge is 0.368 e. The molecule has 0 aromatic rings. The van der Waals surface area contributed by atoms with Crippen molar-refractivity contribution in [1.29, 1.82) is 0 Å². The predicted molar refractivity (Wildman–Crippen MR) is 68.6 cm³/mol. The van der Waals surface area contributed by atoms with Gasteiger partial charge in [0.25, 0.3) is 0 Å². The quantitative estimate of drug-likeness (QED) is 0.482. The van der Waals surface area contributed by atoms with Crippen molar-refractivity contribution in [2.75, 3.05) is 13.1 Å². The van der Waals surface area contributed by atoms with Crippen molar-refractivity contribution in [1.82, 2.24) is 10.6 Å². The van der Waals surface area contributed by atoms with E-state index < -0.39 is 11.8 Å². The van der Waals surface area contributed by atoms with E-state index in [-0.39, 0.29) is 19.0 Å². The van der Waals surface area contributed by atoms with E-state index in [1.54, 1.807) is 0 Å². The minimum absolute atomic E-state index is 0.110. The van der Waals surface area contributed by atoms with Gasteiger partial charge in [0.2, 0.25) is 17.7 Å². The molecule has 0 rings (SSSR count). The summed E-state index contributed by atoms with van der Waals surface area (Å²) in [5.41, 5.74) is 4.86. The number of amides is 3. The monoisotopic (exact) mass is 257 g/mol. The van der Waals surface area contributed by atoms with Crippen LogP contribution in [-0.4, -0.2) is 30.8 Å².